The van der Waals surface area contributed by atoms with Crippen LogP contribution in [0.4, 0.5) is 0 Å². The maximum atomic E-state index is 12.6. The quantitative estimate of drug-likeness (QED) is 0.819. The molecule has 19 heavy (non-hydrogen) atoms. The third-order valence-electron chi connectivity index (χ3n) is 3.28. The van der Waals surface area contributed by atoms with E-state index in [0.29, 0.717) is 5.56 Å². The van der Waals surface area contributed by atoms with Crippen LogP contribution in [0.25, 0.3) is 0 Å². The summed E-state index contributed by atoms with van der Waals surface area (Å²) in [5.74, 6) is 0.0105. The number of carbonyl (C=O) groups excluding carboxylic acids is 1. The molecule has 3 nitrogen and oxygen atoms in total. The normalized spacial score (nSPS) is 14.2. The maximum Gasteiger partial charge on any atom is 0.263 e. The molecule has 98 valence electrons. The van der Waals surface area contributed by atoms with Crippen molar-refractivity contribution in [2.45, 2.75) is 13.0 Å². The van der Waals surface area contributed by atoms with E-state index < -0.39 is 0 Å². The SMILES string of the molecule is O=C(c1cccc(Br)c1)n1c(Br)cc2c1CCNC2. The van der Waals surface area contributed by atoms with Gasteiger partial charge in [0.1, 0.15) is 0 Å². The van der Waals surface area contributed by atoms with Gasteiger partial charge in [0.25, 0.3) is 5.91 Å². The van der Waals surface area contributed by atoms with Gasteiger partial charge in [-0.3, -0.25) is 9.36 Å². The first kappa shape index (κ1) is 13.1. The van der Waals surface area contributed by atoms with Gasteiger partial charge in [-0.05, 0) is 45.8 Å². The van der Waals surface area contributed by atoms with E-state index in [0.717, 1.165) is 34.3 Å². The minimum absolute atomic E-state index is 0.0105. The molecule has 0 unspecified atom stereocenters. The van der Waals surface area contributed by atoms with Gasteiger partial charge < -0.3 is 5.32 Å². The average molecular weight is 384 g/mol. The summed E-state index contributed by atoms with van der Waals surface area (Å²) in [4.78, 5) is 12.6. The maximum absolute atomic E-state index is 12.6. The third-order valence-corrected chi connectivity index (χ3v) is 4.35. The lowest BCUT2D eigenvalue weighted by atomic mass is 10.1. The molecule has 1 aliphatic heterocycles. The lowest BCUT2D eigenvalue weighted by Crippen LogP contribution is -2.26. The number of aromatic nitrogens is 1. The average Bonchev–Trinajstić information content (AvgIpc) is 2.74. The molecule has 0 saturated heterocycles. The van der Waals surface area contributed by atoms with E-state index in [4.69, 9.17) is 0 Å². The molecule has 2 aromatic rings. The van der Waals surface area contributed by atoms with E-state index in [-0.39, 0.29) is 5.91 Å². The highest BCUT2D eigenvalue weighted by Crippen LogP contribution is 2.25. The second kappa shape index (κ2) is 5.23. The lowest BCUT2D eigenvalue weighted by Gasteiger charge is -2.16. The monoisotopic (exact) mass is 382 g/mol. The van der Waals surface area contributed by atoms with Crippen LogP contribution < -0.4 is 5.32 Å². The van der Waals surface area contributed by atoms with E-state index in [1.165, 1.54) is 5.56 Å². The van der Waals surface area contributed by atoms with Gasteiger partial charge in [0, 0.05) is 35.2 Å². The number of benzene rings is 1. The van der Waals surface area contributed by atoms with E-state index in [2.05, 4.69) is 37.2 Å². The van der Waals surface area contributed by atoms with Crippen LogP contribution in [0.5, 0.6) is 0 Å². The molecule has 0 spiro atoms. The predicted octanol–water partition coefficient (Wildman–Crippen LogP) is 3.35. The van der Waals surface area contributed by atoms with E-state index in [1.807, 2.05) is 30.3 Å². The van der Waals surface area contributed by atoms with Crippen LogP contribution in [0.3, 0.4) is 0 Å². The Morgan fingerprint density at radius 1 is 1.26 bits per heavy atom. The molecule has 2 heterocycles. The summed E-state index contributed by atoms with van der Waals surface area (Å²) in [6, 6.07) is 9.51. The van der Waals surface area contributed by atoms with Gasteiger partial charge in [0.2, 0.25) is 0 Å². The van der Waals surface area contributed by atoms with Gasteiger partial charge >= 0.3 is 0 Å². The van der Waals surface area contributed by atoms with Crippen molar-refractivity contribution in [1.82, 2.24) is 9.88 Å². The van der Waals surface area contributed by atoms with Crippen molar-refractivity contribution in [1.29, 1.82) is 0 Å². The molecule has 0 fully saturated rings. The Kier molecular flexibility index (Phi) is 3.60. The first-order chi connectivity index (χ1) is 9.16. The fourth-order valence-electron chi connectivity index (χ4n) is 2.39. The summed E-state index contributed by atoms with van der Waals surface area (Å²) in [5, 5.41) is 3.32. The Labute approximate surface area is 128 Å². The zero-order valence-electron chi connectivity index (χ0n) is 10.1. The largest absolute Gasteiger partial charge is 0.312 e. The number of nitrogens with zero attached hydrogens (tertiary/aromatic N) is 1. The molecular formula is C14H12Br2N2O. The van der Waals surface area contributed by atoms with Crippen molar-refractivity contribution >= 4 is 37.8 Å². The second-order valence-corrected chi connectivity index (χ2v) is 6.24. The fourth-order valence-corrected chi connectivity index (χ4v) is 3.44. The Hall–Kier alpha value is -0.910. The summed E-state index contributed by atoms with van der Waals surface area (Å²) in [7, 11) is 0. The van der Waals surface area contributed by atoms with Crippen LogP contribution >= 0.6 is 31.9 Å². The molecular weight excluding hydrogens is 372 g/mol. The smallest absolute Gasteiger partial charge is 0.263 e. The number of halogens is 2. The number of hydrogen-bond acceptors (Lipinski definition) is 2. The van der Waals surface area contributed by atoms with Crippen molar-refractivity contribution in [2.24, 2.45) is 0 Å². The van der Waals surface area contributed by atoms with Crippen molar-refractivity contribution in [3.63, 3.8) is 0 Å². The summed E-state index contributed by atoms with van der Waals surface area (Å²) in [5.41, 5.74) is 2.99. The zero-order chi connectivity index (χ0) is 13.4. The Bertz CT molecular complexity index is 649. The summed E-state index contributed by atoms with van der Waals surface area (Å²) >= 11 is 6.90. The van der Waals surface area contributed by atoms with Crippen LogP contribution in [0.15, 0.2) is 39.4 Å². The first-order valence-electron chi connectivity index (χ1n) is 6.07. The molecule has 1 aromatic carbocycles. The predicted molar refractivity (Wildman–Crippen MR) is 81.4 cm³/mol. The fraction of sp³-hybridized carbons (Fsp3) is 0.214. The van der Waals surface area contributed by atoms with Gasteiger partial charge in [0.15, 0.2) is 0 Å². The highest BCUT2D eigenvalue weighted by Gasteiger charge is 2.21. The van der Waals surface area contributed by atoms with Crippen LogP contribution in [0.1, 0.15) is 21.6 Å². The Morgan fingerprint density at radius 2 is 2.11 bits per heavy atom. The molecule has 3 rings (SSSR count). The Morgan fingerprint density at radius 3 is 2.89 bits per heavy atom. The number of hydrogen-bond donors (Lipinski definition) is 1. The van der Waals surface area contributed by atoms with Crippen LogP contribution in [-0.2, 0) is 13.0 Å². The molecule has 1 aliphatic rings. The number of rotatable bonds is 1. The van der Waals surface area contributed by atoms with Gasteiger partial charge in [0.05, 0.1) is 4.60 Å². The lowest BCUT2D eigenvalue weighted by molar-refractivity contribution is 0.0954. The molecule has 0 atom stereocenters. The molecule has 0 bridgehead atoms. The standard InChI is InChI=1S/C14H12Br2N2O/c15-11-3-1-2-9(6-11)14(19)18-12-4-5-17-8-10(12)7-13(18)16/h1-3,6-7,17H,4-5,8H2. The van der Waals surface area contributed by atoms with Crippen molar-refractivity contribution < 1.29 is 4.79 Å². The summed E-state index contributed by atoms with van der Waals surface area (Å²) in [6.45, 7) is 1.74. The number of carbonyl (C=O) groups is 1. The van der Waals surface area contributed by atoms with Crippen LogP contribution in [0.2, 0.25) is 0 Å². The second-order valence-electron chi connectivity index (χ2n) is 4.52. The van der Waals surface area contributed by atoms with Crippen molar-refractivity contribution in [3.05, 3.63) is 56.2 Å². The molecule has 0 saturated carbocycles. The minimum atomic E-state index is 0.0105. The molecule has 5 heteroatoms. The minimum Gasteiger partial charge on any atom is -0.312 e. The highest BCUT2D eigenvalue weighted by molar-refractivity contribution is 9.10. The molecule has 0 amide bonds. The number of nitrogens with one attached hydrogen (secondary N) is 1. The van der Waals surface area contributed by atoms with Crippen LogP contribution in [-0.4, -0.2) is 17.0 Å². The van der Waals surface area contributed by atoms with E-state index in [1.54, 1.807) is 4.57 Å². The Balaban J connectivity index is 2.07. The summed E-state index contributed by atoms with van der Waals surface area (Å²) in [6.07, 6.45) is 0.876. The molecule has 0 radical (unpaired) electrons. The van der Waals surface area contributed by atoms with Crippen molar-refractivity contribution in [2.75, 3.05) is 6.54 Å². The van der Waals surface area contributed by atoms with Crippen LogP contribution in [0, 0.1) is 0 Å². The van der Waals surface area contributed by atoms with Gasteiger partial charge in [-0.1, -0.05) is 22.0 Å². The summed E-state index contributed by atoms with van der Waals surface area (Å²) < 4.78 is 3.51. The molecule has 0 aliphatic carbocycles. The van der Waals surface area contributed by atoms with Gasteiger partial charge in [-0.2, -0.15) is 0 Å². The first-order valence-corrected chi connectivity index (χ1v) is 7.65. The molecule has 1 aromatic heterocycles. The molecule has 1 N–H and O–H groups in total. The topological polar surface area (TPSA) is 34.0 Å². The highest BCUT2D eigenvalue weighted by atomic mass is 79.9. The zero-order valence-corrected chi connectivity index (χ0v) is 13.3. The van der Waals surface area contributed by atoms with E-state index >= 15 is 0 Å². The third kappa shape index (κ3) is 2.42. The number of fused-ring (bicyclic) bond motifs is 1. The van der Waals surface area contributed by atoms with E-state index in [9.17, 15) is 4.79 Å². The van der Waals surface area contributed by atoms with Gasteiger partial charge in [-0.25, -0.2) is 0 Å². The van der Waals surface area contributed by atoms with Gasteiger partial charge in [-0.15, -0.1) is 0 Å². The van der Waals surface area contributed by atoms with Crippen molar-refractivity contribution in [3.8, 4) is 0 Å².